The number of pyridine rings is 1. The van der Waals surface area contributed by atoms with Gasteiger partial charge in [0, 0.05) is 37.2 Å². The van der Waals surface area contributed by atoms with Gasteiger partial charge in [-0.1, -0.05) is 0 Å². The number of carbonyl (C=O) groups is 1. The lowest BCUT2D eigenvalue weighted by molar-refractivity contribution is 0.101. The van der Waals surface area contributed by atoms with Crippen LogP contribution in [0.15, 0.2) is 46.5 Å². The Morgan fingerprint density at radius 1 is 1.23 bits per heavy atom. The zero-order valence-electron chi connectivity index (χ0n) is 15.2. The summed E-state index contributed by atoms with van der Waals surface area (Å²) in [4.78, 5) is 16.0. The minimum Gasteiger partial charge on any atom is -0.494 e. The number of ketones is 1. The van der Waals surface area contributed by atoms with Gasteiger partial charge in [0.05, 0.1) is 11.6 Å². The van der Waals surface area contributed by atoms with E-state index in [-0.39, 0.29) is 10.7 Å². The van der Waals surface area contributed by atoms with Crippen LogP contribution in [0.25, 0.3) is 0 Å². The fourth-order valence-corrected chi connectivity index (χ4v) is 3.84. The molecular weight excluding hydrogens is 372 g/mol. The number of hydrogen-bond donors (Lipinski definition) is 0. The zero-order chi connectivity index (χ0) is 19.3. The van der Waals surface area contributed by atoms with Gasteiger partial charge >= 0.3 is 0 Å². The topological polar surface area (TPSA) is 76.6 Å². The van der Waals surface area contributed by atoms with E-state index in [1.165, 1.54) is 39.0 Å². The summed E-state index contributed by atoms with van der Waals surface area (Å²) in [7, 11) is -0.523. The van der Waals surface area contributed by atoms with Gasteiger partial charge in [0.15, 0.2) is 5.78 Å². The Bertz CT molecular complexity index is 879. The molecule has 0 fully saturated rings. The first-order valence-corrected chi connectivity index (χ1v) is 10.5. The van der Waals surface area contributed by atoms with Gasteiger partial charge in [0.2, 0.25) is 10.0 Å². The highest BCUT2D eigenvalue weighted by atomic mass is 32.2. The average molecular weight is 395 g/mol. The van der Waals surface area contributed by atoms with Crippen molar-refractivity contribution in [2.24, 2.45) is 0 Å². The number of Topliss-reactive ketones (excluding diaryl/α,β-unsaturated/α-hetero) is 1. The lowest BCUT2D eigenvalue weighted by atomic mass is 10.1. The monoisotopic (exact) mass is 394 g/mol. The van der Waals surface area contributed by atoms with Crippen molar-refractivity contribution in [3.05, 3.63) is 47.7 Å². The average Bonchev–Trinajstić information content (AvgIpc) is 2.61. The number of sulfonamides is 1. The van der Waals surface area contributed by atoms with Crippen LogP contribution in [0.1, 0.15) is 29.8 Å². The molecule has 1 aromatic carbocycles. The first kappa shape index (κ1) is 20.4. The highest BCUT2D eigenvalue weighted by molar-refractivity contribution is 7.98. The third-order valence-electron chi connectivity index (χ3n) is 3.63. The van der Waals surface area contributed by atoms with E-state index in [9.17, 15) is 13.2 Å². The van der Waals surface area contributed by atoms with Crippen molar-refractivity contribution < 1.29 is 17.9 Å². The van der Waals surface area contributed by atoms with E-state index < -0.39 is 10.0 Å². The molecule has 0 atom stereocenters. The molecule has 0 aliphatic rings. The van der Waals surface area contributed by atoms with Crippen molar-refractivity contribution in [2.75, 3.05) is 20.7 Å². The Balaban J connectivity index is 2.18. The maximum Gasteiger partial charge on any atom is 0.244 e. The molecular formula is C18H22N2O4S2. The van der Waals surface area contributed by atoms with E-state index in [2.05, 4.69) is 4.98 Å². The molecule has 0 unspecified atom stereocenters. The molecule has 0 spiro atoms. The molecule has 1 aromatic heterocycles. The molecule has 6 nitrogen and oxygen atoms in total. The number of nitrogens with zero attached hydrogens (tertiary/aromatic N) is 2. The second kappa shape index (κ2) is 8.66. The van der Waals surface area contributed by atoms with E-state index in [1.807, 2.05) is 13.0 Å². The molecule has 0 radical (unpaired) electrons. The van der Waals surface area contributed by atoms with Gasteiger partial charge in [-0.2, -0.15) is 0 Å². The minimum atomic E-state index is -3.49. The zero-order valence-corrected chi connectivity index (χ0v) is 16.9. The molecule has 8 heteroatoms. The van der Waals surface area contributed by atoms with Crippen molar-refractivity contribution >= 4 is 27.6 Å². The van der Waals surface area contributed by atoms with Crippen LogP contribution in [0, 0.1) is 0 Å². The fourth-order valence-electron chi connectivity index (χ4n) is 2.17. The van der Waals surface area contributed by atoms with E-state index in [0.717, 1.165) is 15.6 Å². The first-order chi connectivity index (χ1) is 12.3. The molecule has 0 aliphatic carbocycles. The number of thioether (sulfide) groups is 1. The Morgan fingerprint density at radius 3 is 2.50 bits per heavy atom. The maximum atomic E-state index is 12.1. The fraction of sp³-hybridized carbons (Fsp3) is 0.333. The molecule has 0 N–H and O–H groups in total. The Morgan fingerprint density at radius 2 is 1.96 bits per heavy atom. The second-order valence-electron chi connectivity index (χ2n) is 5.72. The third kappa shape index (κ3) is 4.84. The minimum absolute atomic E-state index is 0.00401. The normalized spacial score (nSPS) is 11.6. The van der Waals surface area contributed by atoms with Crippen molar-refractivity contribution in [1.29, 1.82) is 0 Å². The SMILES string of the molecule is CCOc1ccc(C(C)=O)cc1CSc1ccc(S(=O)(=O)N(C)C)cn1. The van der Waals surface area contributed by atoms with E-state index in [4.69, 9.17) is 4.74 Å². The van der Waals surface area contributed by atoms with Crippen molar-refractivity contribution in [2.45, 2.75) is 29.5 Å². The molecule has 26 heavy (non-hydrogen) atoms. The van der Waals surface area contributed by atoms with Crippen LogP contribution in [-0.2, 0) is 15.8 Å². The summed E-state index contributed by atoms with van der Waals surface area (Å²) >= 11 is 1.45. The number of aromatic nitrogens is 1. The summed E-state index contributed by atoms with van der Waals surface area (Å²) in [5.41, 5.74) is 1.53. The Hall–Kier alpha value is -1.90. The standard InChI is InChI=1S/C18H22N2O4S2/c1-5-24-17-8-6-14(13(2)21)10-15(17)12-25-18-9-7-16(11-19-18)26(22,23)20(3)4/h6-11H,5,12H2,1-4H3. The predicted molar refractivity (Wildman–Crippen MR) is 102 cm³/mol. The Labute approximate surface area is 158 Å². The van der Waals surface area contributed by atoms with Gasteiger partial charge in [0.25, 0.3) is 0 Å². The van der Waals surface area contributed by atoms with Crippen molar-refractivity contribution in [3.63, 3.8) is 0 Å². The van der Waals surface area contributed by atoms with Gasteiger partial charge in [-0.3, -0.25) is 4.79 Å². The number of carbonyl (C=O) groups excluding carboxylic acids is 1. The lowest BCUT2D eigenvalue weighted by Crippen LogP contribution is -2.22. The van der Waals surface area contributed by atoms with Crippen LogP contribution in [0.4, 0.5) is 0 Å². The summed E-state index contributed by atoms with van der Waals surface area (Å²) in [6.45, 7) is 3.96. The quantitative estimate of drug-likeness (QED) is 0.505. The van der Waals surface area contributed by atoms with Crippen LogP contribution in [0.3, 0.4) is 0 Å². The molecule has 0 saturated carbocycles. The van der Waals surface area contributed by atoms with E-state index >= 15 is 0 Å². The van der Waals surface area contributed by atoms with Crippen LogP contribution < -0.4 is 4.74 Å². The van der Waals surface area contributed by atoms with E-state index in [0.29, 0.717) is 22.9 Å². The highest BCUT2D eigenvalue weighted by Gasteiger charge is 2.17. The van der Waals surface area contributed by atoms with Gasteiger partial charge in [-0.05, 0) is 44.2 Å². The Kier molecular flexibility index (Phi) is 6.80. The molecule has 0 bridgehead atoms. The van der Waals surface area contributed by atoms with Gasteiger partial charge in [-0.15, -0.1) is 11.8 Å². The lowest BCUT2D eigenvalue weighted by Gasteiger charge is -2.12. The summed E-state index contributed by atoms with van der Waals surface area (Å²) in [5, 5.41) is 0.693. The summed E-state index contributed by atoms with van der Waals surface area (Å²) in [6, 6.07) is 8.60. The number of ether oxygens (including phenoxy) is 1. The largest absolute Gasteiger partial charge is 0.494 e. The summed E-state index contributed by atoms with van der Waals surface area (Å²) in [6.07, 6.45) is 1.35. The van der Waals surface area contributed by atoms with Crippen LogP contribution >= 0.6 is 11.8 Å². The molecule has 140 valence electrons. The van der Waals surface area contributed by atoms with Gasteiger partial charge in [-0.25, -0.2) is 17.7 Å². The second-order valence-corrected chi connectivity index (χ2v) is 8.87. The summed E-state index contributed by atoms with van der Waals surface area (Å²) in [5.74, 6) is 1.29. The van der Waals surface area contributed by atoms with Crippen LogP contribution in [-0.4, -0.2) is 44.2 Å². The molecule has 0 amide bonds. The smallest absolute Gasteiger partial charge is 0.244 e. The molecule has 0 saturated heterocycles. The molecule has 2 rings (SSSR count). The van der Waals surface area contributed by atoms with Crippen molar-refractivity contribution in [1.82, 2.24) is 9.29 Å². The van der Waals surface area contributed by atoms with Gasteiger partial charge < -0.3 is 4.74 Å². The number of rotatable bonds is 8. The number of benzene rings is 1. The van der Waals surface area contributed by atoms with Crippen molar-refractivity contribution in [3.8, 4) is 5.75 Å². The molecule has 1 heterocycles. The number of hydrogen-bond acceptors (Lipinski definition) is 6. The maximum absolute atomic E-state index is 12.1. The summed E-state index contributed by atoms with van der Waals surface area (Å²) < 4.78 is 30.9. The van der Waals surface area contributed by atoms with Crippen LogP contribution in [0.2, 0.25) is 0 Å². The molecule has 2 aromatic rings. The molecule has 0 aliphatic heterocycles. The predicted octanol–water partition coefficient (Wildman–Crippen LogP) is 3.23. The highest BCUT2D eigenvalue weighted by Crippen LogP contribution is 2.29. The van der Waals surface area contributed by atoms with Gasteiger partial charge in [0.1, 0.15) is 10.6 Å². The third-order valence-corrected chi connectivity index (χ3v) is 6.42. The van der Waals surface area contributed by atoms with Crippen LogP contribution in [0.5, 0.6) is 5.75 Å². The first-order valence-electron chi connectivity index (χ1n) is 8.03. The van der Waals surface area contributed by atoms with E-state index in [1.54, 1.807) is 24.3 Å².